The average Bonchev–Trinajstić information content (AvgIpc) is 2.75. The van der Waals surface area contributed by atoms with Crippen LogP contribution in [0.3, 0.4) is 0 Å². The zero-order valence-corrected chi connectivity index (χ0v) is 15.4. The Balaban J connectivity index is 1.65. The summed E-state index contributed by atoms with van der Waals surface area (Å²) in [4.78, 5) is 0. The SMILES string of the molecule is C=CCCC(F)=C(F)c1ccc(C2OCC(c3cc(F)c(F)c(F)c3)CO2)cc1. The van der Waals surface area contributed by atoms with E-state index >= 15 is 0 Å². The molecule has 1 saturated heterocycles. The van der Waals surface area contributed by atoms with Crippen molar-refractivity contribution < 1.29 is 31.4 Å². The van der Waals surface area contributed by atoms with Crippen LogP contribution in [0.1, 0.15) is 41.7 Å². The summed E-state index contributed by atoms with van der Waals surface area (Å²) in [6, 6.07) is 7.78. The quantitative estimate of drug-likeness (QED) is 0.307. The van der Waals surface area contributed by atoms with Crippen molar-refractivity contribution in [3.05, 3.63) is 89.0 Å². The molecule has 1 fully saturated rings. The molecule has 2 aromatic rings. The van der Waals surface area contributed by atoms with Crippen molar-refractivity contribution in [3.63, 3.8) is 0 Å². The van der Waals surface area contributed by atoms with E-state index in [-0.39, 0.29) is 30.8 Å². The van der Waals surface area contributed by atoms with E-state index in [2.05, 4.69) is 6.58 Å². The monoisotopic (exact) mass is 410 g/mol. The van der Waals surface area contributed by atoms with E-state index in [0.29, 0.717) is 12.0 Å². The van der Waals surface area contributed by atoms with E-state index in [4.69, 9.17) is 9.47 Å². The second kappa shape index (κ2) is 9.33. The summed E-state index contributed by atoms with van der Waals surface area (Å²) in [7, 11) is 0. The van der Waals surface area contributed by atoms with Crippen LogP contribution >= 0.6 is 0 Å². The molecule has 1 aliphatic rings. The first kappa shape index (κ1) is 21.2. The molecule has 0 N–H and O–H groups in total. The summed E-state index contributed by atoms with van der Waals surface area (Å²) in [6.45, 7) is 3.67. The van der Waals surface area contributed by atoms with Gasteiger partial charge in [-0.25, -0.2) is 22.0 Å². The topological polar surface area (TPSA) is 18.5 Å². The normalized spacial score (nSPS) is 20.3. The molecule has 0 atom stereocenters. The number of hydrogen-bond acceptors (Lipinski definition) is 2. The minimum atomic E-state index is -1.52. The van der Waals surface area contributed by atoms with Gasteiger partial charge in [0.2, 0.25) is 0 Å². The third-order valence-electron chi connectivity index (χ3n) is 4.62. The molecule has 1 heterocycles. The summed E-state index contributed by atoms with van der Waals surface area (Å²) >= 11 is 0. The molecule has 0 saturated carbocycles. The van der Waals surface area contributed by atoms with Gasteiger partial charge in [-0.1, -0.05) is 30.3 Å². The van der Waals surface area contributed by atoms with Crippen LogP contribution < -0.4 is 0 Å². The highest BCUT2D eigenvalue weighted by Crippen LogP contribution is 2.32. The van der Waals surface area contributed by atoms with Gasteiger partial charge in [-0.15, -0.1) is 6.58 Å². The van der Waals surface area contributed by atoms with E-state index in [9.17, 15) is 22.0 Å². The number of allylic oxidation sites excluding steroid dienone is 2. The Labute approximate surface area is 165 Å². The van der Waals surface area contributed by atoms with Gasteiger partial charge in [0.15, 0.2) is 29.6 Å². The molecule has 3 rings (SSSR count). The molecular weight excluding hydrogens is 391 g/mol. The van der Waals surface area contributed by atoms with Gasteiger partial charge in [0.25, 0.3) is 0 Å². The van der Waals surface area contributed by atoms with E-state index in [1.54, 1.807) is 12.1 Å². The maximum Gasteiger partial charge on any atom is 0.194 e. The average molecular weight is 410 g/mol. The van der Waals surface area contributed by atoms with Crippen molar-refractivity contribution in [1.29, 1.82) is 0 Å². The minimum absolute atomic E-state index is 0.0576. The van der Waals surface area contributed by atoms with Crippen molar-refractivity contribution in [2.75, 3.05) is 13.2 Å². The molecular formula is C22H19F5O2. The van der Waals surface area contributed by atoms with Gasteiger partial charge in [0.05, 0.1) is 13.2 Å². The van der Waals surface area contributed by atoms with Crippen LogP contribution in [0.4, 0.5) is 22.0 Å². The number of halogens is 5. The molecule has 0 radical (unpaired) electrons. The highest BCUT2D eigenvalue weighted by Gasteiger charge is 2.26. The van der Waals surface area contributed by atoms with Crippen LogP contribution in [0.25, 0.3) is 5.83 Å². The van der Waals surface area contributed by atoms with Crippen molar-refractivity contribution in [2.24, 2.45) is 0 Å². The predicted octanol–water partition coefficient (Wildman–Crippen LogP) is 6.51. The summed E-state index contributed by atoms with van der Waals surface area (Å²) in [6.07, 6.45) is 1.03. The second-order valence-electron chi connectivity index (χ2n) is 6.66. The summed E-state index contributed by atoms with van der Waals surface area (Å²) in [5.41, 5.74) is 0.918. The van der Waals surface area contributed by atoms with E-state index in [1.807, 2.05) is 0 Å². The number of rotatable bonds is 6. The third kappa shape index (κ3) is 4.92. The number of benzene rings is 2. The number of ether oxygens (including phenoxy) is 2. The summed E-state index contributed by atoms with van der Waals surface area (Å²) in [5, 5.41) is 0. The van der Waals surface area contributed by atoms with Crippen molar-refractivity contribution in [3.8, 4) is 0 Å². The smallest absolute Gasteiger partial charge is 0.194 e. The lowest BCUT2D eigenvalue weighted by Gasteiger charge is -2.30. The fraction of sp³-hybridized carbons (Fsp3) is 0.273. The van der Waals surface area contributed by atoms with E-state index in [1.165, 1.54) is 18.2 Å². The molecule has 0 aliphatic carbocycles. The lowest BCUT2D eigenvalue weighted by molar-refractivity contribution is -0.191. The van der Waals surface area contributed by atoms with Crippen LogP contribution in [-0.4, -0.2) is 13.2 Å². The minimum Gasteiger partial charge on any atom is -0.348 e. The van der Waals surface area contributed by atoms with Crippen LogP contribution in [0, 0.1) is 17.5 Å². The molecule has 154 valence electrons. The molecule has 0 bridgehead atoms. The van der Waals surface area contributed by atoms with Gasteiger partial charge in [-0.2, -0.15) is 0 Å². The molecule has 0 spiro atoms. The molecule has 0 amide bonds. The van der Waals surface area contributed by atoms with Crippen LogP contribution in [0.2, 0.25) is 0 Å². The third-order valence-corrected chi connectivity index (χ3v) is 4.62. The van der Waals surface area contributed by atoms with E-state index < -0.39 is 41.3 Å². The summed E-state index contributed by atoms with van der Waals surface area (Å²) < 4.78 is 78.9. The second-order valence-corrected chi connectivity index (χ2v) is 6.66. The Bertz CT molecular complexity index is 877. The largest absolute Gasteiger partial charge is 0.348 e. The van der Waals surface area contributed by atoms with Crippen molar-refractivity contribution in [1.82, 2.24) is 0 Å². The molecule has 0 unspecified atom stereocenters. The van der Waals surface area contributed by atoms with Crippen LogP contribution in [-0.2, 0) is 9.47 Å². The van der Waals surface area contributed by atoms with Gasteiger partial charge in [-0.05, 0) is 24.1 Å². The van der Waals surface area contributed by atoms with Gasteiger partial charge >= 0.3 is 0 Å². The Morgan fingerprint density at radius 1 is 0.966 bits per heavy atom. The summed E-state index contributed by atoms with van der Waals surface area (Å²) in [5.74, 6) is -6.30. The highest BCUT2D eigenvalue weighted by atomic mass is 19.2. The fourth-order valence-corrected chi connectivity index (χ4v) is 2.98. The first-order valence-corrected chi connectivity index (χ1v) is 9.03. The first-order valence-electron chi connectivity index (χ1n) is 9.03. The van der Waals surface area contributed by atoms with Gasteiger partial charge in [-0.3, -0.25) is 0 Å². The standard InChI is InChI=1S/C22H19F5O2/c1-2-3-4-17(23)20(26)13-5-7-14(8-6-13)22-28-11-16(12-29-22)15-9-18(24)21(27)19(25)10-15/h2,5-10,16,22H,1,3-4,11-12H2. The van der Waals surface area contributed by atoms with Crippen molar-refractivity contribution in [2.45, 2.75) is 25.0 Å². The van der Waals surface area contributed by atoms with Crippen LogP contribution in [0.5, 0.6) is 0 Å². The Hall–Kier alpha value is -2.51. The van der Waals surface area contributed by atoms with Crippen molar-refractivity contribution >= 4 is 5.83 Å². The Kier molecular flexibility index (Phi) is 6.82. The molecule has 1 aliphatic heterocycles. The Morgan fingerprint density at radius 3 is 2.10 bits per heavy atom. The fourth-order valence-electron chi connectivity index (χ4n) is 2.98. The predicted molar refractivity (Wildman–Crippen MR) is 98.7 cm³/mol. The Morgan fingerprint density at radius 2 is 1.55 bits per heavy atom. The molecule has 2 nitrogen and oxygen atoms in total. The highest BCUT2D eigenvalue weighted by molar-refractivity contribution is 5.61. The maximum atomic E-state index is 14.1. The van der Waals surface area contributed by atoms with E-state index in [0.717, 1.165) is 12.1 Å². The molecule has 0 aromatic heterocycles. The zero-order chi connectivity index (χ0) is 21.0. The number of hydrogen-bond donors (Lipinski definition) is 0. The lowest BCUT2D eigenvalue weighted by atomic mass is 9.99. The molecule has 2 aromatic carbocycles. The zero-order valence-electron chi connectivity index (χ0n) is 15.4. The first-order chi connectivity index (χ1) is 13.9. The van der Waals surface area contributed by atoms with Gasteiger partial charge in [0, 0.05) is 23.5 Å². The van der Waals surface area contributed by atoms with Gasteiger partial charge < -0.3 is 9.47 Å². The maximum absolute atomic E-state index is 14.1. The van der Waals surface area contributed by atoms with Gasteiger partial charge in [0.1, 0.15) is 5.83 Å². The van der Waals surface area contributed by atoms with Crippen LogP contribution in [0.15, 0.2) is 54.9 Å². The molecule has 7 heteroatoms. The molecule has 29 heavy (non-hydrogen) atoms. The lowest BCUT2D eigenvalue weighted by Crippen LogP contribution is -2.26.